The number of hydrogen-bond acceptors (Lipinski definition) is 6. The van der Waals surface area contributed by atoms with Crippen LogP contribution in [-0.2, 0) is 16.2 Å². The van der Waals surface area contributed by atoms with E-state index in [4.69, 9.17) is 0 Å². The third kappa shape index (κ3) is 4.20. The number of nitrogens with zero attached hydrogens (tertiary/aromatic N) is 2. The van der Waals surface area contributed by atoms with Gasteiger partial charge in [-0.05, 0) is 35.9 Å². The molecule has 0 aliphatic carbocycles. The summed E-state index contributed by atoms with van der Waals surface area (Å²) >= 11 is 0. The number of carbonyl (C=O) groups is 1. The van der Waals surface area contributed by atoms with Gasteiger partial charge in [0.05, 0.1) is 21.4 Å². The van der Waals surface area contributed by atoms with E-state index in [2.05, 4.69) is 5.43 Å². The molecule has 3 rings (SSSR count). The zero-order chi connectivity index (χ0) is 22.1. The first-order valence-corrected chi connectivity index (χ1v) is 9.68. The summed E-state index contributed by atoms with van der Waals surface area (Å²) < 4.78 is 65.9. The number of urea groups is 1. The molecule has 0 saturated heterocycles. The number of carbonyl (C=O) groups excluding carboxylic acids is 1. The maximum Gasteiger partial charge on any atom is 0.417 e. The van der Waals surface area contributed by atoms with Crippen LogP contribution in [0.15, 0.2) is 65.7 Å². The lowest BCUT2D eigenvalue weighted by atomic mass is 10.1. The summed E-state index contributed by atoms with van der Waals surface area (Å²) in [5, 5.41) is 11.6. The Hall–Kier alpha value is -3.61. The highest BCUT2D eigenvalue weighted by atomic mass is 32.2. The van der Waals surface area contributed by atoms with Crippen LogP contribution in [0.5, 0.6) is 0 Å². The number of nitrogens with one attached hydrogen (secondary N) is 2. The number of nitro groups is 1. The first-order valence-electron chi connectivity index (χ1n) is 8.20. The fourth-order valence-corrected chi connectivity index (χ4v) is 3.94. The molecule has 2 aromatic carbocycles. The average molecular weight is 442 g/mol. The second kappa shape index (κ2) is 7.67. The first-order chi connectivity index (χ1) is 14.0. The molecule has 0 aromatic heterocycles. The van der Waals surface area contributed by atoms with Crippen LogP contribution in [0.2, 0.25) is 0 Å². The molecule has 1 heterocycles. The number of nitro benzene ring substituents is 1. The summed E-state index contributed by atoms with van der Waals surface area (Å²) in [5.41, 5.74) is 1.29. The van der Waals surface area contributed by atoms with E-state index in [0.717, 1.165) is 23.2 Å². The summed E-state index contributed by atoms with van der Waals surface area (Å²) in [6.45, 7) is 0. The van der Waals surface area contributed by atoms with Crippen molar-refractivity contribution in [2.24, 2.45) is 0 Å². The molecule has 2 amide bonds. The van der Waals surface area contributed by atoms with E-state index in [1.165, 1.54) is 36.5 Å². The van der Waals surface area contributed by atoms with Crippen LogP contribution in [0, 0.1) is 10.1 Å². The highest BCUT2D eigenvalue weighted by Crippen LogP contribution is 2.34. The van der Waals surface area contributed by atoms with Crippen molar-refractivity contribution in [1.29, 1.82) is 0 Å². The molecule has 0 spiro atoms. The van der Waals surface area contributed by atoms with Crippen molar-refractivity contribution in [3.8, 4) is 0 Å². The Morgan fingerprint density at radius 3 is 2.37 bits per heavy atom. The van der Waals surface area contributed by atoms with Crippen LogP contribution in [0.1, 0.15) is 17.2 Å². The number of hydrogen-bond donors (Lipinski definition) is 2. The average Bonchev–Trinajstić information content (AvgIpc) is 3.17. The van der Waals surface area contributed by atoms with Crippen molar-refractivity contribution in [2.45, 2.75) is 17.1 Å². The SMILES string of the molecule is O=C(NS(=O)(=O)c1ccccc1C(F)(F)F)N1NC=CC1c1ccc([N+](=O)[O-])cc1. The van der Waals surface area contributed by atoms with Crippen molar-refractivity contribution in [1.82, 2.24) is 15.2 Å². The van der Waals surface area contributed by atoms with Gasteiger partial charge in [0.1, 0.15) is 0 Å². The Bertz CT molecular complexity index is 1120. The molecule has 1 aliphatic rings. The molecule has 158 valence electrons. The molecule has 0 bridgehead atoms. The number of rotatable bonds is 4. The number of non-ortho nitro benzene ring substituents is 1. The van der Waals surface area contributed by atoms with E-state index in [0.29, 0.717) is 11.6 Å². The van der Waals surface area contributed by atoms with Crippen molar-refractivity contribution >= 4 is 21.7 Å². The Morgan fingerprint density at radius 1 is 1.13 bits per heavy atom. The zero-order valence-corrected chi connectivity index (χ0v) is 15.6. The van der Waals surface area contributed by atoms with E-state index >= 15 is 0 Å². The van der Waals surface area contributed by atoms with Crippen LogP contribution >= 0.6 is 0 Å². The summed E-state index contributed by atoms with van der Waals surface area (Å²) in [4.78, 5) is 21.5. The van der Waals surface area contributed by atoms with Crippen molar-refractivity contribution in [2.75, 3.05) is 0 Å². The molecule has 0 radical (unpaired) electrons. The number of halogens is 3. The van der Waals surface area contributed by atoms with Gasteiger partial charge in [-0.3, -0.25) is 10.1 Å². The lowest BCUT2D eigenvalue weighted by molar-refractivity contribution is -0.384. The second-order valence-electron chi connectivity index (χ2n) is 6.06. The number of amides is 2. The van der Waals surface area contributed by atoms with Gasteiger partial charge in [0.2, 0.25) is 0 Å². The van der Waals surface area contributed by atoms with Crippen LogP contribution in [0.25, 0.3) is 0 Å². The number of benzene rings is 2. The van der Waals surface area contributed by atoms with Crippen molar-refractivity contribution < 1.29 is 31.3 Å². The first kappa shape index (κ1) is 21.1. The van der Waals surface area contributed by atoms with E-state index in [1.807, 2.05) is 0 Å². The van der Waals surface area contributed by atoms with E-state index in [-0.39, 0.29) is 5.69 Å². The number of hydrazine groups is 1. The lowest BCUT2D eigenvalue weighted by Gasteiger charge is -2.25. The fraction of sp³-hybridized carbons (Fsp3) is 0.118. The summed E-state index contributed by atoms with van der Waals surface area (Å²) in [7, 11) is -4.85. The maximum absolute atomic E-state index is 13.1. The van der Waals surface area contributed by atoms with Gasteiger partial charge < -0.3 is 5.43 Å². The van der Waals surface area contributed by atoms with Crippen molar-refractivity contribution in [3.63, 3.8) is 0 Å². The molecule has 1 unspecified atom stereocenters. The Balaban J connectivity index is 1.84. The van der Waals surface area contributed by atoms with Gasteiger partial charge in [-0.15, -0.1) is 0 Å². The molecule has 30 heavy (non-hydrogen) atoms. The molecule has 1 aliphatic heterocycles. The molecule has 2 N–H and O–H groups in total. The van der Waals surface area contributed by atoms with Gasteiger partial charge in [-0.1, -0.05) is 12.1 Å². The van der Waals surface area contributed by atoms with E-state index in [1.54, 1.807) is 4.72 Å². The topological polar surface area (TPSA) is 122 Å². The maximum atomic E-state index is 13.1. The molecule has 1 atom stereocenters. The fourth-order valence-electron chi connectivity index (χ4n) is 2.77. The molecule has 0 fully saturated rings. The van der Waals surface area contributed by atoms with Crippen molar-refractivity contribution in [3.05, 3.63) is 82.0 Å². The summed E-state index contributed by atoms with van der Waals surface area (Å²) in [6, 6.07) is 6.52. The largest absolute Gasteiger partial charge is 0.417 e. The Kier molecular flexibility index (Phi) is 5.39. The minimum Gasteiger partial charge on any atom is -0.301 e. The third-order valence-corrected chi connectivity index (χ3v) is 5.52. The van der Waals surface area contributed by atoms with E-state index < -0.39 is 43.7 Å². The second-order valence-corrected chi connectivity index (χ2v) is 7.71. The van der Waals surface area contributed by atoms with Crippen LogP contribution < -0.4 is 10.1 Å². The third-order valence-electron chi connectivity index (χ3n) is 4.14. The normalized spacial score (nSPS) is 16.2. The Labute approximate surface area is 168 Å². The lowest BCUT2D eigenvalue weighted by Crippen LogP contribution is -2.47. The van der Waals surface area contributed by atoms with Gasteiger partial charge in [-0.25, -0.2) is 22.9 Å². The predicted molar refractivity (Wildman–Crippen MR) is 97.1 cm³/mol. The van der Waals surface area contributed by atoms with Gasteiger partial charge in [0, 0.05) is 18.3 Å². The van der Waals surface area contributed by atoms with Crippen LogP contribution in [-0.4, -0.2) is 24.4 Å². The van der Waals surface area contributed by atoms with Crippen LogP contribution in [0.3, 0.4) is 0 Å². The summed E-state index contributed by atoms with van der Waals surface area (Å²) in [5.74, 6) is 0. The minimum absolute atomic E-state index is 0.184. The molecular weight excluding hydrogens is 429 g/mol. The highest BCUT2D eigenvalue weighted by Gasteiger charge is 2.38. The van der Waals surface area contributed by atoms with E-state index in [9.17, 15) is 36.5 Å². The highest BCUT2D eigenvalue weighted by molar-refractivity contribution is 7.90. The van der Waals surface area contributed by atoms with Gasteiger partial charge in [0.25, 0.3) is 15.7 Å². The number of sulfonamides is 1. The molecule has 2 aromatic rings. The molecular formula is C17H13F3N4O5S. The smallest absolute Gasteiger partial charge is 0.301 e. The van der Waals surface area contributed by atoms with Gasteiger partial charge in [-0.2, -0.15) is 13.2 Å². The zero-order valence-electron chi connectivity index (χ0n) is 14.8. The monoisotopic (exact) mass is 442 g/mol. The van der Waals surface area contributed by atoms with Gasteiger partial charge in [0.15, 0.2) is 0 Å². The summed E-state index contributed by atoms with van der Waals surface area (Å²) in [6.07, 6.45) is -2.15. The quantitative estimate of drug-likeness (QED) is 0.554. The minimum atomic E-state index is -4.94. The number of alkyl halides is 3. The van der Waals surface area contributed by atoms with Gasteiger partial charge >= 0.3 is 12.2 Å². The molecule has 9 nitrogen and oxygen atoms in total. The molecule has 0 saturated carbocycles. The predicted octanol–water partition coefficient (Wildman–Crippen LogP) is 3.09. The van der Waals surface area contributed by atoms with Crippen LogP contribution in [0.4, 0.5) is 23.7 Å². The standard InChI is InChI=1S/C17H13F3N4O5S/c18-17(19,20)13-3-1-2-4-15(13)30(28,29)22-16(25)23-14(9-10-21-23)11-5-7-12(8-6-11)24(26)27/h1-10,14,21H,(H,22,25). The Morgan fingerprint density at radius 2 is 1.77 bits per heavy atom. The molecule has 13 heteroatoms.